The van der Waals surface area contributed by atoms with Gasteiger partial charge in [0.05, 0.1) is 24.7 Å². The minimum absolute atomic E-state index is 0.142. The van der Waals surface area contributed by atoms with Crippen molar-refractivity contribution in [2.75, 3.05) is 33.2 Å². The van der Waals surface area contributed by atoms with E-state index in [-0.39, 0.29) is 12.3 Å². The van der Waals surface area contributed by atoms with E-state index in [0.717, 1.165) is 39.0 Å². The van der Waals surface area contributed by atoms with Gasteiger partial charge >= 0.3 is 0 Å². The number of rotatable bonds is 5. The summed E-state index contributed by atoms with van der Waals surface area (Å²) in [5, 5.41) is 11.3. The number of hydrogen-bond donors (Lipinski definition) is 5. The molecule has 3 aliphatic rings. The average molecular weight is 386 g/mol. The van der Waals surface area contributed by atoms with Crippen LogP contribution in [0, 0.1) is 0 Å². The first-order valence-electron chi connectivity index (χ1n) is 10.6. The zero-order valence-corrected chi connectivity index (χ0v) is 17.1. The number of nitrogens with zero attached hydrogens (tertiary/aromatic N) is 2. The number of hydrogen-bond acceptors (Lipinski definition) is 7. The van der Waals surface area contributed by atoms with Gasteiger partial charge in [0.15, 0.2) is 0 Å². The highest BCUT2D eigenvalue weighted by atomic mass is 15.5. The Kier molecular flexibility index (Phi) is 6.74. The van der Waals surface area contributed by atoms with Crippen LogP contribution in [0.15, 0.2) is 36.4 Å². The molecule has 3 heterocycles. The van der Waals surface area contributed by atoms with Crippen LogP contribution in [0.2, 0.25) is 0 Å². The minimum atomic E-state index is 0.142. The molecule has 3 fully saturated rings. The summed E-state index contributed by atoms with van der Waals surface area (Å²) in [5.41, 5.74) is 7.91. The van der Waals surface area contributed by atoms with E-state index in [2.05, 4.69) is 93.1 Å². The summed E-state index contributed by atoms with van der Waals surface area (Å²) >= 11 is 0. The lowest BCUT2D eigenvalue weighted by Crippen LogP contribution is -2.68. The molecule has 0 aromatic heterocycles. The van der Waals surface area contributed by atoms with Crippen molar-refractivity contribution >= 4 is 6.08 Å². The zero-order valence-electron chi connectivity index (χ0n) is 17.1. The highest BCUT2D eigenvalue weighted by Gasteiger charge is 2.33. The molecule has 0 bridgehead atoms. The Balaban J connectivity index is 1.41. The average Bonchev–Trinajstić information content (AvgIpc) is 3.12. The van der Waals surface area contributed by atoms with Gasteiger partial charge in [-0.3, -0.25) is 26.3 Å². The molecule has 0 radical (unpaired) electrons. The highest BCUT2D eigenvalue weighted by molar-refractivity contribution is 5.49. The van der Waals surface area contributed by atoms with Crippen molar-refractivity contribution in [1.29, 1.82) is 0 Å². The van der Waals surface area contributed by atoms with Gasteiger partial charge < -0.3 is 4.90 Å². The van der Waals surface area contributed by atoms with Gasteiger partial charge in [0.2, 0.25) is 0 Å². The molecular formula is C21H35N7. The Morgan fingerprint density at radius 1 is 0.964 bits per heavy atom. The van der Waals surface area contributed by atoms with Crippen molar-refractivity contribution in [2.45, 2.75) is 50.5 Å². The van der Waals surface area contributed by atoms with Gasteiger partial charge in [0, 0.05) is 38.6 Å². The second-order valence-corrected chi connectivity index (χ2v) is 8.37. The molecule has 0 spiro atoms. The van der Waals surface area contributed by atoms with E-state index in [1.807, 2.05) is 0 Å². The van der Waals surface area contributed by atoms with Crippen LogP contribution in [0.3, 0.4) is 0 Å². The molecule has 4 rings (SSSR count). The van der Waals surface area contributed by atoms with Gasteiger partial charge in [0.25, 0.3) is 0 Å². The van der Waals surface area contributed by atoms with E-state index in [9.17, 15) is 0 Å². The quantitative estimate of drug-likeness (QED) is 0.500. The summed E-state index contributed by atoms with van der Waals surface area (Å²) < 4.78 is 0. The third-order valence-electron chi connectivity index (χ3n) is 5.97. The van der Waals surface area contributed by atoms with E-state index < -0.39 is 0 Å². The molecule has 5 unspecified atom stereocenters. The predicted octanol–water partition coefficient (Wildman–Crippen LogP) is 0.311. The van der Waals surface area contributed by atoms with Gasteiger partial charge in [-0.15, -0.1) is 0 Å². The molecule has 1 aromatic rings. The number of piperazine rings is 1. The van der Waals surface area contributed by atoms with Crippen molar-refractivity contribution in [3.8, 4) is 0 Å². The number of hydrazine groups is 1. The third kappa shape index (κ3) is 5.39. The summed E-state index contributed by atoms with van der Waals surface area (Å²) in [4.78, 5) is 5.01. The number of nitrogens with one attached hydrogen (secondary N) is 5. The Bertz CT molecular complexity index is 629. The van der Waals surface area contributed by atoms with Crippen LogP contribution >= 0.6 is 0 Å². The van der Waals surface area contributed by atoms with Crippen molar-refractivity contribution in [1.82, 2.24) is 36.6 Å². The van der Waals surface area contributed by atoms with Crippen molar-refractivity contribution in [2.24, 2.45) is 0 Å². The summed E-state index contributed by atoms with van der Waals surface area (Å²) in [6.07, 6.45) is 7.67. The van der Waals surface area contributed by atoms with E-state index in [1.165, 1.54) is 5.56 Å². The standard InChI is InChI=1S/C21H35N7/c1-16-14-20(26-25-16)23-19-15-21(28-12-10-27(2)11-13-28)24-18(22-19)9-8-17-6-4-3-5-7-17/h3-9,16,18-26H,10-15H2,1-2H3/b9-8+. The Hall–Kier alpha value is -1.32. The molecule has 0 saturated carbocycles. The van der Waals surface area contributed by atoms with Gasteiger partial charge in [0.1, 0.15) is 0 Å². The number of benzene rings is 1. The Morgan fingerprint density at radius 2 is 1.75 bits per heavy atom. The zero-order chi connectivity index (χ0) is 19.3. The Labute approximate surface area is 168 Å². The highest BCUT2D eigenvalue weighted by Crippen LogP contribution is 2.15. The molecule has 5 atom stereocenters. The maximum atomic E-state index is 3.81. The summed E-state index contributed by atoms with van der Waals surface area (Å²) in [6.45, 7) is 6.73. The minimum Gasteiger partial charge on any atom is -0.304 e. The maximum absolute atomic E-state index is 3.81. The SMILES string of the molecule is CC1CC(NC2CC(N3CCN(C)CC3)NC(/C=C/c3ccccc3)N2)NN1. The van der Waals surface area contributed by atoms with E-state index in [1.54, 1.807) is 0 Å². The van der Waals surface area contributed by atoms with Crippen molar-refractivity contribution in [3.05, 3.63) is 42.0 Å². The fourth-order valence-electron chi connectivity index (χ4n) is 4.29. The van der Waals surface area contributed by atoms with Gasteiger partial charge in [-0.2, -0.15) is 0 Å². The van der Waals surface area contributed by atoms with Crippen LogP contribution < -0.4 is 26.8 Å². The second kappa shape index (κ2) is 9.45. The third-order valence-corrected chi connectivity index (χ3v) is 5.97. The summed E-state index contributed by atoms with van der Waals surface area (Å²) in [7, 11) is 2.21. The van der Waals surface area contributed by atoms with Gasteiger partial charge in [-0.1, -0.05) is 42.5 Å². The summed E-state index contributed by atoms with van der Waals surface area (Å²) in [6, 6.07) is 11.0. The van der Waals surface area contributed by atoms with E-state index >= 15 is 0 Å². The molecule has 28 heavy (non-hydrogen) atoms. The van der Waals surface area contributed by atoms with E-state index in [0.29, 0.717) is 18.4 Å². The second-order valence-electron chi connectivity index (χ2n) is 8.37. The Morgan fingerprint density at radius 3 is 2.46 bits per heavy atom. The van der Waals surface area contributed by atoms with Crippen LogP contribution in [-0.4, -0.2) is 73.7 Å². The lowest BCUT2D eigenvalue weighted by Gasteiger charge is -2.45. The van der Waals surface area contributed by atoms with Crippen LogP contribution in [-0.2, 0) is 0 Å². The maximum Gasteiger partial charge on any atom is 0.0791 e. The smallest absolute Gasteiger partial charge is 0.0791 e. The molecule has 3 saturated heterocycles. The van der Waals surface area contributed by atoms with Gasteiger partial charge in [-0.05, 0) is 26.0 Å². The first kappa shape index (κ1) is 20.0. The first-order valence-corrected chi connectivity index (χ1v) is 10.6. The fourth-order valence-corrected chi connectivity index (χ4v) is 4.29. The largest absolute Gasteiger partial charge is 0.304 e. The summed E-state index contributed by atoms with van der Waals surface area (Å²) in [5.74, 6) is 0. The molecule has 3 aliphatic heterocycles. The van der Waals surface area contributed by atoms with Crippen LogP contribution in [0.1, 0.15) is 25.3 Å². The molecule has 7 nitrogen and oxygen atoms in total. The van der Waals surface area contributed by atoms with Crippen LogP contribution in [0.4, 0.5) is 0 Å². The van der Waals surface area contributed by atoms with Crippen LogP contribution in [0.25, 0.3) is 6.08 Å². The first-order chi connectivity index (χ1) is 13.7. The van der Waals surface area contributed by atoms with Crippen molar-refractivity contribution < 1.29 is 0 Å². The molecule has 5 N–H and O–H groups in total. The van der Waals surface area contributed by atoms with Crippen LogP contribution in [0.5, 0.6) is 0 Å². The fraction of sp³-hybridized carbons (Fsp3) is 0.619. The lowest BCUT2D eigenvalue weighted by molar-refractivity contribution is 0.0515. The normalized spacial score (nSPS) is 35.6. The van der Waals surface area contributed by atoms with Crippen molar-refractivity contribution in [3.63, 3.8) is 0 Å². The molecule has 7 heteroatoms. The number of likely N-dealkylation sites (N-methyl/N-ethyl adjacent to an activating group) is 1. The topological polar surface area (TPSA) is 66.6 Å². The van der Waals surface area contributed by atoms with Gasteiger partial charge in [-0.25, -0.2) is 5.43 Å². The monoisotopic (exact) mass is 385 g/mol. The van der Waals surface area contributed by atoms with E-state index in [4.69, 9.17) is 0 Å². The molecule has 0 amide bonds. The molecular weight excluding hydrogens is 350 g/mol. The lowest BCUT2D eigenvalue weighted by atomic mass is 10.1. The molecule has 1 aromatic carbocycles. The molecule has 154 valence electrons. The molecule has 0 aliphatic carbocycles. The predicted molar refractivity (Wildman–Crippen MR) is 114 cm³/mol.